The first-order valence-corrected chi connectivity index (χ1v) is 6.88. The summed E-state index contributed by atoms with van der Waals surface area (Å²) < 4.78 is 5.09. The minimum absolute atomic E-state index is 0. The molecular weight excluding hydrogens is 276 g/mol. The van der Waals surface area contributed by atoms with E-state index < -0.39 is 0 Å². The number of carbonyl (C=O) groups is 1. The van der Waals surface area contributed by atoms with Crippen LogP contribution in [0.2, 0.25) is 0 Å². The standard InChI is InChI=1S/C15H22N2O2.ClH/c1-19-14-6-4-12(5-7-14)9-15(18)17-11-13-3-2-8-16-10-13;/h4-7,13,16H,2-3,8-11H2,1H3,(H,17,18);1H. The Morgan fingerprint density at radius 3 is 2.75 bits per heavy atom. The van der Waals surface area contributed by atoms with Crippen LogP contribution in [0.1, 0.15) is 18.4 Å². The molecule has 0 saturated carbocycles. The van der Waals surface area contributed by atoms with E-state index in [0.717, 1.165) is 30.9 Å². The van der Waals surface area contributed by atoms with Gasteiger partial charge in [0.25, 0.3) is 0 Å². The highest BCUT2D eigenvalue weighted by molar-refractivity contribution is 5.85. The van der Waals surface area contributed by atoms with Crippen LogP contribution in [0.25, 0.3) is 0 Å². The Balaban J connectivity index is 0.00000200. The molecule has 4 nitrogen and oxygen atoms in total. The molecule has 20 heavy (non-hydrogen) atoms. The second kappa shape index (κ2) is 8.82. The molecule has 0 bridgehead atoms. The van der Waals surface area contributed by atoms with Crippen LogP contribution >= 0.6 is 12.4 Å². The zero-order valence-corrected chi connectivity index (χ0v) is 12.7. The van der Waals surface area contributed by atoms with E-state index in [1.54, 1.807) is 7.11 Å². The summed E-state index contributed by atoms with van der Waals surface area (Å²) in [5, 5.41) is 6.37. The van der Waals surface area contributed by atoms with Gasteiger partial charge in [-0.1, -0.05) is 12.1 Å². The molecule has 2 rings (SSSR count). The molecule has 2 N–H and O–H groups in total. The Hall–Kier alpha value is -1.26. The van der Waals surface area contributed by atoms with Crippen molar-refractivity contribution in [3.8, 4) is 5.75 Å². The van der Waals surface area contributed by atoms with Gasteiger partial charge < -0.3 is 15.4 Å². The van der Waals surface area contributed by atoms with Crippen molar-refractivity contribution in [1.29, 1.82) is 0 Å². The van der Waals surface area contributed by atoms with Crippen LogP contribution in [-0.2, 0) is 11.2 Å². The maximum absolute atomic E-state index is 11.8. The lowest BCUT2D eigenvalue weighted by atomic mass is 10.00. The van der Waals surface area contributed by atoms with Gasteiger partial charge in [-0.3, -0.25) is 4.79 Å². The molecule has 1 fully saturated rings. The number of methoxy groups -OCH3 is 1. The number of benzene rings is 1. The van der Waals surface area contributed by atoms with Gasteiger partial charge in [-0.2, -0.15) is 0 Å². The summed E-state index contributed by atoms with van der Waals surface area (Å²) in [6, 6.07) is 7.63. The largest absolute Gasteiger partial charge is 0.497 e. The number of hydrogen-bond donors (Lipinski definition) is 2. The summed E-state index contributed by atoms with van der Waals surface area (Å²) in [5.74, 6) is 1.49. The van der Waals surface area contributed by atoms with Crippen molar-refractivity contribution in [3.63, 3.8) is 0 Å². The van der Waals surface area contributed by atoms with Gasteiger partial charge in [-0.15, -0.1) is 12.4 Å². The molecule has 1 aliphatic rings. The van der Waals surface area contributed by atoms with E-state index in [0.29, 0.717) is 12.3 Å². The first-order chi connectivity index (χ1) is 9.28. The van der Waals surface area contributed by atoms with Gasteiger partial charge in [0, 0.05) is 6.54 Å². The van der Waals surface area contributed by atoms with E-state index in [9.17, 15) is 4.79 Å². The Morgan fingerprint density at radius 1 is 1.40 bits per heavy atom. The molecule has 0 aromatic heterocycles. The van der Waals surface area contributed by atoms with Gasteiger partial charge in [0.2, 0.25) is 5.91 Å². The second-order valence-electron chi connectivity index (χ2n) is 5.04. The highest BCUT2D eigenvalue weighted by atomic mass is 35.5. The normalized spacial score (nSPS) is 17.9. The number of rotatable bonds is 5. The minimum Gasteiger partial charge on any atom is -0.497 e. The SMILES string of the molecule is COc1ccc(CC(=O)NCC2CCCNC2)cc1.Cl. The summed E-state index contributed by atoms with van der Waals surface area (Å²) in [5.41, 5.74) is 1.01. The molecule has 5 heteroatoms. The molecule has 0 spiro atoms. The maximum atomic E-state index is 11.8. The molecule has 112 valence electrons. The molecule has 1 saturated heterocycles. The zero-order valence-electron chi connectivity index (χ0n) is 11.9. The number of carbonyl (C=O) groups excluding carboxylic acids is 1. The quantitative estimate of drug-likeness (QED) is 0.871. The molecule has 1 unspecified atom stereocenters. The molecule has 0 aliphatic carbocycles. The number of amides is 1. The van der Waals surface area contributed by atoms with Crippen LogP contribution in [0.5, 0.6) is 5.75 Å². The number of ether oxygens (including phenoxy) is 1. The molecule has 1 aromatic carbocycles. The zero-order chi connectivity index (χ0) is 13.5. The Kier molecular flexibility index (Phi) is 7.41. The Morgan fingerprint density at radius 2 is 2.15 bits per heavy atom. The second-order valence-corrected chi connectivity index (χ2v) is 5.04. The van der Waals surface area contributed by atoms with Crippen molar-refractivity contribution >= 4 is 18.3 Å². The molecule has 1 heterocycles. The van der Waals surface area contributed by atoms with Gasteiger partial charge in [-0.05, 0) is 49.5 Å². The van der Waals surface area contributed by atoms with E-state index in [-0.39, 0.29) is 18.3 Å². The molecule has 1 amide bonds. The highest BCUT2D eigenvalue weighted by Gasteiger charge is 2.13. The highest BCUT2D eigenvalue weighted by Crippen LogP contribution is 2.12. The first kappa shape index (κ1) is 16.8. The van der Waals surface area contributed by atoms with Gasteiger partial charge in [0.1, 0.15) is 5.75 Å². The van der Waals surface area contributed by atoms with Crippen molar-refractivity contribution in [2.24, 2.45) is 5.92 Å². The monoisotopic (exact) mass is 298 g/mol. The maximum Gasteiger partial charge on any atom is 0.224 e. The smallest absolute Gasteiger partial charge is 0.224 e. The third-order valence-corrected chi connectivity index (χ3v) is 3.51. The summed E-state index contributed by atoms with van der Waals surface area (Å²) in [7, 11) is 1.64. The van der Waals surface area contributed by atoms with Crippen LogP contribution in [0.15, 0.2) is 24.3 Å². The summed E-state index contributed by atoms with van der Waals surface area (Å²) in [6.45, 7) is 2.90. The average molecular weight is 299 g/mol. The van der Waals surface area contributed by atoms with Crippen LogP contribution in [-0.4, -0.2) is 32.7 Å². The van der Waals surface area contributed by atoms with E-state index in [1.165, 1.54) is 12.8 Å². The van der Waals surface area contributed by atoms with E-state index in [2.05, 4.69) is 10.6 Å². The predicted octanol–water partition coefficient (Wildman–Crippen LogP) is 1.78. The lowest BCUT2D eigenvalue weighted by Crippen LogP contribution is -2.38. The van der Waals surface area contributed by atoms with E-state index in [1.807, 2.05) is 24.3 Å². The summed E-state index contributed by atoms with van der Waals surface area (Å²) in [4.78, 5) is 11.8. The predicted molar refractivity (Wildman–Crippen MR) is 82.5 cm³/mol. The molecule has 1 atom stereocenters. The van der Waals surface area contributed by atoms with Crippen molar-refractivity contribution in [2.45, 2.75) is 19.3 Å². The minimum atomic E-state index is 0. The number of hydrogen-bond acceptors (Lipinski definition) is 3. The van der Waals surface area contributed by atoms with Crippen molar-refractivity contribution < 1.29 is 9.53 Å². The summed E-state index contributed by atoms with van der Waals surface area (Å²) in [6.07, 6.45) is 2.85. The number of nitrogens with one attached hydrogen (secondary N) is 2. The van der Waals surface area contributed by atoms with Crippen LogP contribution in [0, 0.1) is 5.92 Å². The lowest BCUT2D eigenvalue weighted by Gasteiger charge is -2.22. The lowest BCUT2D eigenvalue weighted by molar-refractivity contribution is -0.120. The van der Waals surface area contributed by atoms with Crippen molar-refractivity contribution in [3.05, 3.63) is 29.8 Å². The molecule has 1 aromatic rings. The van der Waals surface area contributed by atoms with Gasteiger partial charge in [0.15, 0.2) is 0 Å². The fraction of sp³-hybridized carbons (Fsp3) is 0.533. The van der Waals surface area contributed by atoms with Crippen LogP contribution in [0.4, 0.5) is 0 Å². The van der Waals surface area contributed by atoms with Gasteiger partial charge in [0.05, 0.1) is 13.5 Å². The van der Waals surface area contributed by atoms with Crippen molar-refractivity contribution in [2.75, 3.05) is 26.7 Å². The Bertz CT molecular complexity index is 403. The third kappa shape index (κ3) is 5.39. The summed E-state index contributed by atoms with van der Waals surface area (Å²) >= 11 is 0. The first-order valence-electron chi connectivity index (χ1n) is 6.88. The molecule has 0 radical (unpaired) electrons. The van der Waals surface area contributed by atoms with Crippen molar-refractivity contribution in [1.82, 2.24) is 10.6 Å². The van der Waals surface area contributed by atoms with Crippen LogP contribution in [0.3, 0.4) is 0 Å². The van der Waals surface area contributed by atoms with E-state index in [4.69, 9.17) is 4.74 Å². The average Bonchev–Trinajstić information content (AvgIpc) is 2.47. The fourth-order valence-corrected chi connectivity index (χ4v) is 2.35. The topological polar surface area (TPSA) is 50.4 Å². The van der Waals surface area contributed by atoms with E-state index >= 15 is 0 Å². The number of halogens is 1. The van der Waals surface area contributed by atoms with Crippen LogP contribution < -0.4 is 15.4 Å². The molecule has 1 aliphatic heterocycles. The Labute approximate surface area is 126 Å². The number of piperidine rings is 1. The fourth-order valence-electron chi connectivity index (χ4n) is 2.35. The van der Waals surface area contributed by atoms with Gasteiger partial charge in [-0.25, -0.2) is 0 Å². The molecular formula is C15H23ClN2O2. The van der Waals surface area contributed by atoms with Gasteiger partial charge >= 0.3 is 0 Å². The third-order valence-electron chi connectivity index (χ3n) is 3.51.